The zero-order valence-corrected chi connectivity index (χ0v) is 13.1. The standard InChI is InChI=1S/C12H15BrCl2S/c1-2-3-9(7-13)8-16-12-6-10(14)4-5-11(12)15/h4-6,9H,2-3,7-8H2,1H3. The third kappa shape index (κ3) is 4.87. The third-order valence-corrected chi connectivity index (χ3v) is 5.16. The first-order valence-corrected chi connectivity index (χ1v) is 8.17. The van der Waals surface area contributed by atoms with Crippen LogP contribution >= 0.6 is 50.9 Å². The SMILES string of the molecule is CCCC(CBr)CSc1cc(Cl)ccc1Cl. The van der Waals surface area contributed by atoms with Crippen molar-refractivity contribution in [1.29, 1.82) is 0 Å². The van der Waals surface area contributed by atoms with Gasteiger partial charge in [-0.25, -0.2) is 0 Å². The second kappa shape index (κ2) is 7.86. The second-order valence-corrected chi connectivity index (χ2v) is 6.25. The number of halogens is 3. The molecule has 1 unspecified atom stereocenters. The zero-order valence-electron chi connectivity index (χ0n) is 9.18. The molecule has 0 radical (unpaired) electrons. The molecule has 0 aliphatic heterocycles. The van der Waals surface area contributed by atoms with Crippen LogP contribution in [-0.2, 0) is 0 Å². The van der Waals surface area contributed by atoms with Gasteiger partial charge in [-0.05, 0) is 30.5 Å². The molecule has 0 heterocycles. The molecule has 1 rings (SSSR count). The Morgan fingerprint density at radius 3 is 2.75 bits per heavy atom. The Morgan fingerprint density at radius 1 is 1.38 bits per heavy atom. The quantitative estimate of drug-likeness (QED) is 0.458. The van der Waals surface area contributed by atoms with Crippen LogP contribution in [0.1, 0.15) is 19.8 Å². The Hall–Kier alpha value is 0.630. The highest BCUT2D eigenvalue weighted by Gasteiger charge is 2.09. The fourth-order valence-electron chi connectivity index (χ4n) is 1.41. The summed E-state index contributed by atoms with van der Waals surface area (Å²) in [6, 6.07) is 5.61. The van der Waals surface area contributed by atoms with Crippen LogP contribution in [0.4, 0.5) is 0 Å². The Balaban J connectivity index is 2.55. The fourth-order valence-corrected chi connectivity index (χ4v) is 3.90. The van der Waals surface area contributed by atoms with Crippen LogP contribution in [-0.4, -0.2) is 11.1 Å². The van der Waals surface area contributed by atoms with Crippen molar-refractivity contribution in [2.45, 2.75) is 24.7 Å². The van der Waals surface area contributed by atoms with Gasteiger partial charge >= 0.3 is 0 Å². The molecule has 16 heavy (non-hydrogen) atoms. The molecule has 0 nitrogen and oxygen atoms in total. The maximum atomic E-state index is 6.11. The monoisotopic (exact) mass is 340 g/mol. The number of thioether (sulfide) groups is 1. The van der Waals surface area contributed by atoms with Crippen molar-refractivity contribution in [3.8, 4) is 0 Å². The molecule has 4 heteroatoms. The zero-order chi connectivity index (χ0) is 12.0. The molecule has 0 saturated carbocycles. The van der Waals surface area contributed by atoms with Crippen molar-refractivity contribution >= 4 is 50.9 Å². The number of rotatable bonds is 6. The Labute approximate surface area is 120 Å². The normalized spacial score (nSPS) is 12.8. The van der Waals surface area contributed by atoms with Crippen molar-refractivity contribution in [3.05, 3.63) is 28.2 Å². The summed E-state index contributed by atoms with van der Waals surface area (Å²) in [5.41, 5.74) is 0. The van der Waals surface area contributed by atoms with Gasteiger partial charge in [0.15, 0.2) is 0 Å². The summed E-state index contributed by atoms with van der Waals surface area (Å²) in [6.07, 6.45) is 2.47. The third-order valence-electron chi connectivity index (χ3n) is 2.28. The Morgan fingerprint density at radius 2 is 2.12 bits per heavy atom. The predicted octanol–water partition coefficient (Wildman–Crippen LogP) is 5.90. The number of hydrogen-bond donors (Lipinski definition) is 0. The van der Waals surface area contributed by atoms with E-state index in [0.29, 0.717) is 5.92 Å². The molecular weight excluding hydrogens is 327 g/mol. The van der Waals surface area contributed by atoms with Crippen LogP contribution in [0.5, 0.6) is 0 Å². The predicted molar refractivity (Wildman–Crippen MR) is 79.4 cm³/mol. The van der Waals surface area contributed by atoms with Gasteiger partial charge < -0.3 is 0 Å². The van der Waals surface area contributed by atoms with Gasteiger partial charge in [-0.3, -0.25) is 0 Å². The lowest BCUT2D eigenvalue weighted by atomic mass is 10.1. The van der Waals surface area contributed by atoms with Gasteiger partial charge in [-0.15, -0.1) is 11.8 Å². The van der Waals surface area contributed by atoms with Gasteiger partial charge in [0.05, 0.1) is 5.02 Å². The smallest absolute Gasteiger partial charge is 0.0542 e. The molecule has 0 bridgehead atoms. The molecule has 1 atom stereocenters. The summed E-state index contributed by atoms with van der Waals surface area (Å²) in [5, 5.41) is 2.59. The minimum atomic E-state index is 0.699. The van der Waals surface area contributed by atoms with Crippen molar-refractivity contribution in [2.24, 2.45) is 5.92 Å². The molecule has 90 valence electrons. The van der Waals surface area contributed by atoms with Gasteiger partial charge in [-0.2, -0.15) is 0 Å². The van der Waals surface area contributed by atoms with Crippen LogP contribution in [0.3, 0.4) is 0 Å². The minimum Gasteiger partial charge on any atom is -0.124 e. The first kappa shape index (κ1) is 14.7. The first-order chi connectivity index (χ1) is 7.67. The molecule has 0 fully saturated rings. The van der Waals surface area contributed by atoms with Crippen LogP contribution in [0.25, 0.3) is 0 Å². The molecule has 1 aromatic carbocycles. The highest BCUT2D eigenvalue weighted by atomic mass is 79.9. The van der Waals surface area contributed by atoms with E-state index in [4.69, 9.17) is 23.2 Å². The summed E-state index contributed by atoms with van der Waals surface area (Å²) >= 11 is 17.4. The lowest BCUT2D eigenvalue weighted by Gasteiger charge is -2.12. The van der Waals surface area contributed by atoms with Crippen LogP contribution in [0, 0.1) is 5.92 Å². The highest BCUT2D eigenvalue weighted by Crippen LogP contribution is 2.32. The van der Waals surface area contributed by atoms with E-state index in [9.17, 15) is 0 Å². The van der Waals surface area contributed by atoms with E-state index >= 15 is 0 Å². The molecule has 0 saturated heterocycles. The van der Waals surface area contributed by atoms with E-state index in [1.165, 1.54) is 12.8 Å². The maximum absolute atomic E-state index is 6.11. The van der Waals surface area contributed by atoms with Crippen LogP contribution in [0.15, 0.2) is 23.1 Å². The van der Waals surface area contributed by atoms with E-state index in [1.54, 1.807) is 11.8 Å². The molecular formula is C12H15BrCl2S. The summed E-state index contributed by atoms with van der Waals surface area (Å²) in [7, 11) is 0. The fraction of sp³-hybridized carbons (Fsp3) is 0.500. The molecule has 0 aliphatic rings. The van der Waals surface area contributed by atoms with E-state index in [0.717, 1.165) is 26.0 Å². The number of hydrogen-bond acceptors (Lipinski definition) is 1. The van der Waals surface area contributed by atoms with E-state index in [1.807, 2.05) is 18.2 Å². The van der Waals surface area contributed by atoms with Gasteiger partial charge in [0, 0.05) is 21.0 Å². The maximum Gasteiger partial charge on any atom is 0.0542 e. The number of alkyl halides is 1. The average Bonchev–Trinajstić information content (AvgIpc) is 2.28. The molecule has 0 aliphatic carbocycles. The largest absolute Gasteiger partial charge is 0.124 e. The lowest BCUT2D eigenvalue weighted by Crippen LogP contribution is -2.04. The van der Waals surface area contributed by atoms with E-state index < -0.39 is 0 Å². The molecule has 0 spiro atoms. The van der Waals surface area contributed by atoms with Crippen LogP contribution < -0.4 is 0 Å². The summed E-state index contributed by atoms with van der Waals surface area (Å²) < 4.78 is 0. The summed E-state index contributed by atoms with van der Waals surface area (Å²) in [6.45, 7) is 2.21. The topological polar surface area (TPSA) is 0 Å². The average molecular weight is 342 g/mol. The molecule has 0 N–H and O–H groups in total. The van der Waals surface area contributed by atoms with Gasteiger partial charge in [0.25, 0.3) is 0 Å². The second-order valence-electron chi connectivity index (χ2n) is 3.69. The Kier molecular flexibility index (Phi) is 7.22. The highest BCUT2D eigenvalue weighted by molar-refractivity contribution is 9.09. The number of benzene rings is 1. The molecule has 0 amide bonds. The van der Waals surface area contributed by atoms with Crippen LogP contribution in [0.2, 0.25) is 10.0 Å². The van der Waals surface area contributed by atoms with Crippen molar-refractivity contribution in [1.82, 2.24) is 0 Å². The van der Waals surface area contributed by atoms with Gasteiger partial charge in [-0.1, -0.05) is 52.5 Å². The first-order valence-electron chi connectivity index (χ1n) is 5.31. The lowest BCUT2D eigenvalue weighted by molar-refractivity contribution is 0.597. The van der Waals surface area contributed by atoms with Crippen molar-refractivity contribution in [3.63, 3.8) is 0 Å². The van der Waals surface area contributed by atoms with Crippen molar-refractivity contribution < 1.29 is 0 Å². The van der Waals surface area contributed by atoms with Crippen molar-refractivity contribution in [2.75, 3.05) is 11.1 Å². The molecule has 0 aromatic heterocycles. The van der Waals surface area contributed by atoms with Gasteiger partial charge in [0.2, 0.25) is 0 Å². The van der Waals surface area contributed by atoms with Gasteiger partial charge in [0.1, 0.15) is 0 Å². The minimum absolute atomic E-state index is 0.699. The van der Waals surface area contributed by atoms with E-state index in [2.05, 4.69) is 22.9 Å². The summed E-state index contributed by atoms with van der Waals surface area (Å²) in [5.74, 6) is 1.78. The summed E-state index contributed by atoms with van der Waals surface area (Å²) in [4.78, 5) is 1.08. The Bertz CT molecular complexity index is 331. The molecule has 1 aromatic rings. The van der Waals surface area contributed by atoms with E-state index in [-0.39, 0.29) is 0 Å².